The van der Waals surface area contributed by atoms with E-state index in [4.69, 9.17) is 9.84 Å². The number of nitrogens with one attached hydrogen (secondary N) is 1. The minimum Gasteiger partial charge on any atom is -0.480 e. The summed E-state index contributed by atoms with van der Waals surface area (Å²) in [6, 6.07) is 3.59. The van der Waals surface area contributed by atoms with Crippen molar-refractivity contribution in [1.29, 1.82) is 0 Å². The molecule has 1 rings (SSSR count). The smallest absolute Gasteiger partial charge is 0.326 e. The fourth-order valence-corrected chi connectivity index (χ4v) is 1.61. The topological polar surface area (TPSA) is 102 Å². The quantitative estimate of drug-likeness (QED) is 0.577. The first-order valence-corrected chi connectivity index (χ1v) is 5.69. The summed E-state index contributed by atoms with van der Waals surface area (Å²) in [7, 11) is 1.47. The van der Waals surface area contributed by atoms with E-state index in [1.807, 2.05) is 0 Å². The van der Waals surface area contributed by atoms with Crippen molar-refractivity contribution in [2.45, 2.75) is 19.4 Å². The van der Waals surface area contributed by atoms with E-state index in [0.717, 1.165) is 5.56 Å². The minimum atomic E-state index is -1.08. The van der Waals surface area contributed by atoms with E-state index < -0.39 is 16.9 Å². The van der Waals surface area contributed by atoms with Crippen molar-refractivity contribution in [3.8, 4) is 0 Å². The molecule has 2 N–H and O–H groups in total. The number of aliphatic carboxylic acids is 1. The van der Waals surface area contributed by atoms with E-state index in [0.29, 0.717) is 0 Å². The molecule has 0 spiro atoms. The van der Waals surface area contributed by atoms with E-state index in [9.17, 15) is 14.9 Å². The third kappa shape index (κ3) is 4.22. The van der Waals surface area contributed by atoms with Gasteiger partial charge in [0.25, 0.3) is 5.69 Å². The number of carbonyl (C=O) groups is 1. The molecule has 0 aliphatic carbocycles. The number of methoxy groups -OCH3 is 1. The van der Waals surface area contributed by atoms with Gasteiger partial charge >= 0.3 is 5.97 Å². The average molecular weight is 268 g/mol. The molecule has 1 aromatic carbocycles. The van der Waals surface area contributed by atoms with Crippen molar-refractivity contribution < 1.29 is 19.6 Å². The van der Waals surface area contributed by atoms with Gasteiger partial charge in [0.2, 0.25) is 0 Å². The lowest BCUT2D eigenvalue weighted by molar-refractivity contribution is -0.384. The number of hydrogen-bond donors (Lipinski definition) is 2. The van der Waals surface area contributed by atoms with Gasteiger partial charge in [-0.15, -0.1) is 0 Å². The monoisotopic (exact) mass is 268 g/mol. The van der Waals surface area contributed by atoms with Crippen LogP contribution in [0.1, 0.15) is 12.0 Å². The summed E-state index contributed by atoms with van der Waals surface area (Å²) in [4.78, 5) is 21.4. The lowest BCUT2D eigenvalue weighted by Gasteiger charge is -2.15. The molecule has 1 aromatic rings. The van der Waals surface area contributed by atoms with Crippen LogP contribution < -0.4 is 5.32 Å². The van der Waals surface area contributed by atoms with Crippen molar-refractivity contribution in [3.05, 3.63) is 33.9 Å². The van der Waals surface area contributed by atoms with Crippen molar-refractivity contribution in [2.24, 2.45) is 0 Å². The first-order chi connectivity index (χ1) is 8.95. The van der Waals surface area contributed by atoms with Crippen molar-refractivity contribution >= 4 is 17.3 Å². The molecule has 104 valence electrons. The van der Waals surface area contributed by atoms with Crippen LogP contribution in [0.2, 0.25) is 0 Å². The molecule has 7 heteroatoms. The molecule has 0 fully saturated rings. The standard InChI is InChI=1S/C12H16N2O5/c1-8-3-4-11(14(17)18)10(7-8)13-9(12(15)16)5-6-19-2/h3-4,7,9,13H,5-6H2,1-2H3,(H,15,16). The van der Waals surface area contributed by atoms with E-state index in [2.05, 4.69) is 5.32 Å². The van der Waals surface area contributed by atoms with E-state index in [-0.39, 0.29) is 24.4 Å². The Labute approximate surface area is 110 Å². The lowest BCUT2D eigenvalue weighted by Crippen LogP contribution is -2.30. The van der Waals surface area contributed by atoms with E-state index >= 15 is 0 Å². The van der Waals surface area contributed by atoms with Crippen LogP contribution in [0.15, 0.2) is 18.2 Å². The molecule has 7 nitrogen and oxygen atoms in total. The summed E-state index contributed by atoms with van der Waals surface area (Å²) >= 11 is 0. The molecule has 0 amide bonds. The van der Waals surface area contributed by atoms with Crippen molar-refractivity contribution in [3.63, 3.8) is 0 Å². The second-order valence-corrected chi connectivity index (χ2v) is 4.09. The molecule has 0 aliphatic rings. The zero-order chi connectivity index (χ0) is 14.4. The van der Waals surface area contributed by atoms with Crippen LogP contribution in [-0.4, -0.2) is 35.8 Å². The summed E-state index contributed by atoms with van der Waals surface area (Å²) in [6.07, 6.45) is 0.219. The van der Waals surface area contributed by atoms with Crippen molar-refractivity contribution in [1.82, 2.24) is 0 Å². The molecule has 0 saturated heterocycles. The van der Waals surface area contributed by atoms with E-state index in [1.54, 1.807) is 19.1 Å². The number of benzene rings is 1. The number of ether oxygens (including phenoxy) is 1. The molecule has 0 bridgehead atoms. The van der Waals surface area contributed by atoms with Gasteiger partial charge < -0.3 is 15.2 Å². The number of nitro benzene ring substituents is 1. The van der Waals surface area contributed by atoms with Crippen LogP contribution in [0.5, 0.6) is 0 Å². The highest BCUT2D eigenvalue weighted by molar-refractivity contribution is 5.79. The van der Waals surface area contributed by atoms with Gasteiger partial charge in [0.05, 0.1) is 4.92 Å². The number of carboxylic acids is 1. The molecule has 0 aliphatic heterocycles. The summed E-state index contributed by atoms with van der Waals surface area (Å²) in [5, 5.41) is 22.6. The van der Waals surface area contributed by atoms with Gasteiger partial charge in [0, 0.05) is 26.2 Å². The molecule has 0 saturated carbocycles. The van der Waals surface area contributed by atoms with Gasteiger partial charge in [-0.2, -0.15) is 0 Å². The fourth-order valence-electron chi connectivity index (χ4n) is 1.61. The largest absolute Gasteiger partial charge is 0.480 e. The van der Waals surface area contributed by atoms with Crippen LogP contribution in [0.25, 0.3) is 0 Å². The predicted octanol–water partition coefficient (Wildman–Crippen LogP) is 1.80. The second kappa shape index (κ2) is 6.69. The Bertz CT molecular complexity index is 475. The highest BCUT2D eigenvalue weighted by Crippen LogP contribution is 2.26. The second-order valence-electron chi connectivity index (χ2n) is 4.09. The zero-order valence-corrected chi connectivity index (χ0v) is 10.8. The minimum absolute atomic E-state index is 0.144. The maximum atomic E-state index is 11.1. The maximum absolute atomic E-state index is 11.1. The van der Waals surface area contributed by atoms with Gasteiger partial charge in [0.15, 0.2) is 0 Å². The predicted molar refractivity (Wildman–Crippen MR) is 69.4 cm³/mol. The van der Waals surface area contributed by atoms with Gasteiger partial charge in [-0.3, -0.25) is 10.1 Å². The van der Waals surface area contributed by atoms with Crippen LogP contribution in [0.3, 0.4) is 0 Å². The number of hydrogen-bond acceptors (Lipinski definition) is 5. The van der Waals surface area contributed by atoms with Crippen LogP contribution in [-0.2, 0) is 9.53 Å². The Morgan fingerprint density at radius 2 is 2.26 bits per heavy atom. The average Bonchev–Trinajstić information content (AvgIpc) is 2.33. The Hall–Kier alpha value is -2.15. The van der Waals surface area contributed by atoms with E-state index in [1.165, 1.54) is 13.2 Å². The maximum Gasteiger partial charge on any atom is 0.326 e. The third-order valence-corrected chi connectivity index (χ3v) is 2.59. The molecular weight excluding hydrogens is 252 g/mol. The zero-order valence-electron chi connectivity index (χ0n) is 10.8. The molecule has 0 heterocycles. The molecular formula is C12H16N2O5. The molecule has 1 unspecified atom stereocenters. The SMILES string of the molecule is COCCC(Nc1cc(C)ccc1[N+](=O)[O-])C(=O)O. The number of carboxylic acid groups (broad SMARTS) is 1. The van der Waals surface area contributed by atoms with Gasteiger partial charge in [-0.1, -0.05) is 6.07 Å². The molecule has 19 heavy (non-hydrogen) atoms. The number of nitrogens with zero attached hydrogens (tertiary/aromatic N) is 1. The Kier molecular flexibility index (Phi) is 5.25. The van der Waals surface area contributed by atoms with Crippen LogP contribution in [0, 0.1) is 17.0 Å². The van der Waals surface area contributed by atoms with Crippen LogP contribution in [0.4, 0.5) is 11.4 Å². The molecule has 0 radical (unpaired) electrons. The number of aryl methyl sites for hydroxylation is 1. The normalized spacial score (nSPS) is 11.9. The summed E-state index contributed by atoms with van der Waals surface area (Å²) in [6.45, 7) is 2.03. The van der Waals surface area contributed by atoms with Crippen LogP contribution >= 0.6 is 0 Å². The lowest BCUT2D eigenvalue weighted by atomic mass is 10.1. The third-order valence-electron chi connectivity index (χ3n) is 2.59. The highest BCUT2D eigenvalue weighted by atomic mass is 16.6. The summed E-state index contributed by atoms with van der Waals surface area (Å²) < 4.78 is 4.82. The summed E-state index contributed by atoms with van der Waals surface area (Å²) in [5.41, 5.74) is 0.867. The Morgan fingerprint density at radius 1 is 1.58 bits per heavy atom. The Morgan fingerprint density at radius 3 is 2.79 bits per heavy atom. The summed E-state index contributed by atoms with van der Waals surface area (Å²) in [5.74, 6) is -1.08. The van der Waals surface area contributed by atoms with Gasteiger partial charge in [-0.25, -0.2) is 4.79 Å². The number of nitro groups is 1. The number of rotatable bonds is 7. The fraction of sp³-hybridized carbons (Fsp3) is 0.417. The van der Waals surface area contributed by atoms with Gasteiger partial charge in [-0.05, 0) is 18.6 Å². The van der Waals surface area contributed by atoms with Crippen molar-refractivity contribution in [2.75, 3.05) is 19.0 Å². The highest BCUT2D eigenvalue weighted by Gasteiger charge is 2.21. The first-order valence-electron chi connectivity index (χ1n) is 5.69. The first kappa shape index (κ1) is 14.9. The molecule has 0 aromatic heterocycles. The molecule has 1 atom stereocenters. The number of anilines is 1. The Balaban J connectivity index is 2.97. The van der Waals surface area contributed by atoms with Gasteiger partial charge in [0.1, 0.15) is 11.7 Å².